The molecule has 5 rings (SSSR count). The first-order valence-corrected chi connectivity index (χ1v) is 12.6. The molecule has 1 amide bonds. The molecule has 0 saturated carbocycles. The van der Waals surface area contributed by atoms with Gasteiger partial charge in [-0.15, -0.1) is 11.3 Å². The summed E-state index contributed by atoms with van der Waals surface area (Å²) in [5.74, 6) is 0.728. The Hall–Kier alpha value is -2.98. The first kappa shape index (κ1) is 23.7. The monoisotopic (exact) mass is 500 g/mol. The summed E-state index contributed by atoms with van der Waals surface area (Å²) in [6, 6.07) is 4.47. The fourth-order valence-electron chi connectivity index (χ4n) is 4.30. The Morgan fingerprint density at radius 1 is 1.26 bits per heavy atom. The van der Waals surface area contributed by atoms with E-state index in [4.69, 9.17) is 14.2 Å². The number of ether oxygens (including phenoxy) is 3. The lowest BCUT2D eigenvalue weighted by atomic mass is 10.1. The molecule has 1 saturated heterocycles. The number of fused-ring (bicyclic) bond motifs is 3. The summed E-state index contributed by atoms with van der Waals surface area (Å²) in [5.41, 5.74) is 1.23. The third-order valence-electron chi connectivity index (χ3n) is 5.95. The van der Waals surface area contributed by atoms with Crippen LogP contribution >= 0.6 is 11.3 Å². The SMILES string of the molecule is CC(C)(C)OC(=O)N1CCc2c(sc3ncnc(Nc4ccc(F)cc4OC4CCOCC4)c23)C1. The second kappa shape index (κ2) is 9.58. The maximum atomic E-state index is 14.1. The van der Waals surface area contributed by atoms with Gasteiger partial charge in [0.1, 0.15) is 40.2 Å². The van der Waals surface area contributed by atoms with Gasteiger partial charge in [-0.2, -0.15) is 0 Å². The molecule has 2 aliphatic heterocycles. The maximum absolute atomic E-state index is 14.1. The van der Waals surface area contributed by atoms with E-state index in [1.807, 2.05) is 20.8 Å². The van der Waals surface area contributed by atoms with Crippen LogP contribution in [0.1, 0.15) is 44.1 Å². The van der Waals surface area contributed by atoms with Crippen LogP contribution in [0.3, 0.4) is 0 Å². The molecule has 1 N–H and O–H groups in total. The molecule has 4 heterocycles. The predicted molar refractivity (Wildman–Crippen MR) is 132 cm³/mol. The second-order valence-corrected chi connectivity index (χ2v) is 10.8. The molecule has 0 aliphatic carbocycles. The molecule has 0 radical (unpaired) electrons. The normalized spacial score (nSPS) is 16.7. The van der Waals surface area contributed by atoms with Crippen LogP contribution in [0.15, 0.2) is 24.5 Å². The van der Waals surface area contributed by atoms with Crippen molar-refractivity contribution in [3.63, 3.8) is 0 Å². The number of anilines is 2. The van der Waals surface area contributed by atoms with Crippen LogP contribution < -0.4 is 10.1 Å². The molecule has 0 bridgehead atoms. The van der Waals surface area contributed by atoms with Gasteiger partial charge in [0.15, 0.2) is 0 Å². The first-order chi connectivity index (χ1) is 16.8. The summed E-state index contributed by atoms with van der Waals surface area (Å²) in [5, 5.41) is 4.29. The molecule has 35 heavy (non-hydrogen) atoms. The summed E-state index contributed by atoms with van der Waals surface area (Å²) in [6.45, 7) is 7.89. The van der Waals surface area contributed by atoms with Gasteiger partial charge in [-0.3, -0.25) is 0 Å². The van der Waals surface area contributed by atoms with Crippen LogP contribution in [0.5, 0.6) is 5.75 Å². The third kappa shape index (κ3) is 5.33. The Balaban J connectivity index is 1.42. The van der Waals surface area contributed by atoms with Crippen molar-refractivity contribution in [3.05, 3.63) is 40.8 Å². The van der Waals surface area contributed by atoms with Gasteiger partial charge < -0.3 is 24.4 Å². The number of amides is 1. The van der Waals surface area contributed by atoms with Crippen LogP contribution in [0, 0.1) is 5.82 Å². The number of thiophene rings is 1. The quantitative estimate of drug-likeness (QED) is 0.512. The summed E-state index contributed by atoms with van der Waals surface area (Å²) in [4.78, 5) is 25.2. The predicted octanol–water partition coefficient (Wildman–Crippen LogP) is 5.43. The topological polar surface area (TPSA) is 85.8 Å². The number of hydrogen-bond acceptors (Lipinski definition) is 8. The van der Waals surface area contributed by atoms with E-state index in [1.165, 1.54) is 18.5 Å². The van der Waals surface area contributed by atoms with Crippen LogP contribution in [-0.4, -0.2) is 52.4 Å². The van der Waals surface area contributed by atoms with Crippen molar-refractivity contribution in [1.29, 1.82) is 0 Å². The lowest BCUT2D eigenvalue weighted by Gasteiger charge is -2.30. The number of benzene rings is 1. The lowest BCUT2D eigenvalue weighted by molar-refractivity contribution is 0.0226. The van der Waals surface area contributed by atoms with Gasteiger partial charge in [0.05, 0.1) is 30.8 Å². The number of aromatic nitrogens is 2. The third-order valence-corrected chi connectivity index (χ3v) is 7.07. The van der Waals surface area contributed by atoms with Gasteiger partial charge in [-0.25, -0.2) is 19.2 Å². The summed E-state index contributed by atoms with van der Waals surface area (Å²) in [7, 11) is 0. The van der Waals surface area contributed by atoms with Crippen molar-refractivity contribution in [2.75, 3.05) is 25.1 Å². The second-order valence-electron chi connectivity index (χ2n) is 9.75. The summed E-state index contributed by atoms with van der Waals surface area (Å²) >= 11 is 1.55. The minimum absolute atomic E-state index is 0.0238. The Labute approximate surface area is 207 Å². The zero-order valence-electron chi connectivity index (χ0n) is 20.1. The molecule has 0 unspecified atom stereocenters. The highest BCUT2D eigenvalue weighted by Gasteiger charge is 2.29. The van der Waals surface area contributed by atoms with Gasteiger partial charge in [0.25, 0.3) is 0 Å². The standard InChI is InChI=1S/C25H29FN4O4S/c1-25(2,3)34-24(31)30-9-6-17-20(13-30)35-23-21(17)22(27-14-28-23)29-18-5-4-15(26)12-19(18)33-16-7-10-32-11-8-16/h4-5,12,14,16H,6-11,13H2,1-3H3,(H,27,28,29). The Kier molecular flexibility index (Phi) is 6.50. The number of halogens is 1. The molecule has 10 heteroatoms. The highest BCUT2D eigenvalue weighted by atomic mass is 32.1. The van der Waals surface area contributed by atoms with E-state index < -0.39 is 5.60 Å². The molecule has 3 aromatic rings. The van der Waals surface area contributed by atoms with Crippen LogP contribution in [0.25, 0.3) is 10.2 Å². The average Bonchev–Trinajstić information content (AvgIpc) is 3.19. The number of nitrogens with one attached hydrogen (secondary N) is 1. The highest BCUT2D eigenvalue weighted by Crippen LogP contribution is 2.39. The summed E-state index contributed by atoms with van der Waals surface area (Å²) in [6.07, 6.45) is 3.38. The smallest absolute Gasteiger partial charge is 0.410 e. The molecule has 2 aromatic heterocycles. The fourth-order valence-corrected chi connectivity index (χ4v) is 5.51. The van der Waals surface area contributed by atoms with Crippen molar-refractivity contribution in [2.45, 2.75) is 58.3 Å². The van der Waals surface area contributed by atoms with E-state index in [2.05, 4.69) is 15.3 Å². The van der Waals surface area contributed by atoms with Crippen molar-refractivity contribution in [3.8, 4) is 5.75 Å². The molecular formula is C25H29FN4O4S. The Morgan fingerprint density at radius 2 is 2.06 bits per heavy atom. The van der Waals surface area contributed by atoms with Gasteiger partial charge in [-0.1, -0.05) is 0 Å². The number of nitrogens with zero attached hydrogens (tertiary/aromatic N) is 3. The minimum atomic E-state index is -0.542. The van der Waals surface area contributed by atoms with Gasteiger partial charge in [0, 0.05) is 30.3 Å². The number of carbonyl (C=O) groups is 1. The van der Waals surface area contributed by atoms with Gasteiger partial charge >= 0.3 is 6.09 Å². The molecule has 1 fully saturated rings. The maximum Gasteiger partial charge on any atom is 0.410 e. The number of hydrogen-bond donors (Lipinski definition) is 1. The molecule has 2 aliphatic rings. The van der Waals surface area contributed by atoms with Crippen LogP contribution in [0.2, 0.25) is 0 Å². The van der Waals surface area contributed by atoms with E-state index in [0.29, 0.717) is 50.0 Å². The zero-order chi connectivity index (χ0) is 24.6. The molecule has 8 nitrogen and oxygen atoms in total. The fraction of sp³-hybridized carbons (Fsp3) is 0.480. The molecule has 186 valence electrons. The average molecular weight is 501 g/mol. The van der Waals surface area contributed by atoms with E-state index in [-0.39, 0.29) is 18.0 Å². The van der Waals surface area contributed by atoms with Crippen molar-refractivity contribution < 1.29 is 23.4 Å². The highest BCUT2D eigenvalue weighted by molar-refractivity contribution is 7.19. The van der Waals surface area contributed by atoms with Gasteiger partial charge in [-0.05, 0) is 44.9 Å². The van der Waals surface area contributed by atoms with Crippen molar-refractivity contribution in [1.82, 2.24) is 14.9 Å². The van der Waals surface area contributed by atoms with Crippen molar-refractivity contribution >= 4 is 39.2 Å². The van der Waals surface area contributed by atoms with E-state index >= 15 is 0 Å². The van der Waals surface area contributed by atoms with Crippen LogP contribution in [0.4, 0.5) is 20.7 Å². The Bertz CT molecular complexity index is 1240. The summed E-state index contributed by atoms with van der Waals surface area (Å²) < 4.78 is 31.2. The minimum Gasteiger partial charge on any atom is -0.488 e. The van der Waals surface area contributed by atoms with Crippen LogP contribution in [-0.2, 0) is 22.4 Å². The molecule has 1 aromatic carbocycles. The number of carbonyl (C=O) groups excluding carboxylic acids is 1. The lowest BCUT2D eigenvalue weighted by Crippen LogP contribution is -2.39. The Morgan fingerprint density at radius 3 is 2.83 bits per heavy atom. The van der Waals surface area contributed by atoms with E-state index in [0.717, 1.165) is 33.5 Å². The molecule has 0 spiro atoms. The first-order valence-electron chi connectivity index (χ1n) is 11.8. The van der Waals surface area contributed by atoms with E-state index in [1.54, 1.807) is 22.3 Å². The molecular weight excluding hydrogens is 471 g/mol. The van der Waals surface area contributed by atoms with Crippen molar-refractivity contribution in [2.24, 2.45) is 0 Å². The largest absolute Gasteiger partial charge is 0.488 e. The number of rotatable bonds is 4. The van der Waals surface area contributed by atoms with Gasteiger partial charge in [0.2, 0.25) is 0 Å². The molecule has 0 atom stereocenters. The van der Waals surface area contributed by atoms with E-state index in [9.17, 15) is 9.18 Å². The zero-order valence-corrected chi connectivity index (χ0v) is 20.9.